The van der Waals surface area contributed by atoms with Crippen molar-refractivity contribution in [2.75, 3.05) is 12.8 Å². The maximum absolute atomic E-state index is 12.7. The van der Waals surface area contributed by atoms with Crippen LogP contribution in [-0.4, -0.2) is 27.7 Å². The van der Waals surface area contributed by atoms with Crippen LogP contribution in [0.5, 0.6) is 0 Å². The summed E-state index contributed by atoms with van der Waals surface area (Å²) in [6.07, 6.45) is 0.473. The Hall–Kier alpha value is -3.45. The van der Waals surface area contributed by atoms with Crippen LogP contribution in [0.3, 0.4) is 0 Å². The van der Waals surface area contributed by atoms with Crippen LogP contribution in [0.2, 0.25) is 0 Å². The van der Waals surface area contributed by atoms with E-state index in [4.69, 9.17) is 10.2 Å². The monoisotopic (exact) mass is 375 g/mol. The number of rotatable bonds is 5. The van der Waals surface area contributed by atoms with Gasteiger partial charge in [0.15, 0.2) is 5.82 Å². The van der Waals surface area contributed by atoms with Gasteiger partial charge in [0.2, 0.25) is 5.95 Å². The molecule has 0 saturated carbocycles. The molecule has 3 N–H and O–H groups in total. The van der Waals surface area contributed by atoms with Crippen molar-refractivity contribution in [1.82, 2.24) is 20.1 Å². The molecule has 0 aliphatic carbocycles. The van der Waals surface area contributed by atoms with Gasteiger partial charge in [0, 0.05) is 17.4 Å². The molecule has 0 fully saturated rings. The zero-order valence-electron chi connectivity index (χ0n) is 15.8. The molecular weight excluding hydrogens is 354 g/mol. The summed E-state index contributed by atoms with van der Waals surface area (Å²) >= 11 is 0. The smallest absolute Gasteiger partial charge is 0.281 e. The van der Waals surface area contributed by atoms with Crippen molar-refractivity contribution in [3.05, 3.63) is 76.8 Å². The van der Waals surface area contributed by atoms with Gasteiger partial charge in [-0.1, -0.05) is 23.8 Å². The topological polar surface area (TPSA) is 99.0 Å². The van der Waals surface area contributed by atoms with Gasteiger partial charge < -0.3 is 15.5 Å². The van der Waals surface area contributed by atoms with Crippen LogP contribution in [0.4, 0.5) is 5.95 Å². The third-order valence-electron chi connectivity index (χ3n) is 4.48. The number of benzene rings is 2. The Morgan fingerprint density at radius 1 is 1.21 bits per heavy atom. The Morgan fingerprint density at radius 3 is 2.86 bits per heavy atom. The number of carbonyl (C=O) groups is 1. The molecule has 2 aromatic heterocycles. The van der Waals surface area contributed by atoms with Crippen molar-refractivity contribution in [2.24, 2.45) is 0 Å². The number of furan rings is 1. The second kappa shape index (κ2) is 7.28. The van der Waals surface area contributed by atoms with Crippen LogP contribution in [0.1, 0.15) is 33.1 Å². The van der Waals surface area contributed by atoms with Crippen LogP contribution < -0.4 is 11.1 Å². The lowest BCUT2D eigenvalue weighted by atomic mass is 10.1. The first kappa shape index (κ1) is 17.9. The largest absolute Gasteiger partial charge is 0.460 e. The van der Waals surface area contributed by atoms with E-state index in [2.05, 4.69) is 15.4 Å². The number of nitrogens with zero attached hydrogens (tertiary/aromatic N) is 3. The SMILES string of the molecule is CNCc1cc2cc(Cc3nc(N)n(C(=O)c4cccc(C)c4)n3)ccc2o1. The number of aryl methyl sites for hydroxylation is 1. The first-order chi connectivity index (χ1) is 13.5. The molecule has 0 spiro atoms. The third kappa shape index (κ3) is 3.52. The average Bonchev–Trinajstić information content (AvgIpc) is 3.23. The number of nitrogens with one attached hydrogen (secondary N) is 1. The number of fused-ring (bicyclic) bond motifs is 1. The number of hydrogen-bond acceptors (Lipinski definition) is 6. The number of nitrogens with two attached hydrogens (primary N) is 1. The molecule has 0 aliphatic heterocycles. The summed E-state index contributed by atoms with van der Waals surface area (Å²) in [4.78, 5) is 17.0. The van der Waals surface area contributed by atoms with Crippen LogP contribution in [0.25, 0.3) is 11.0 Å². The standard InChI is InChI=1S/C21H21N5O2/c1-13-4-3-5-15(8-13)20(27)26-21(22)24-19(25-26)10-14-6-7-18-16(9-14)11-17(28-18)12-23-2/h3-9,11,23H,10,12H2,1-2H3,(H2,22,24,25). The van der Waals surface area contributed by atoms with E-state index in [-0.39, 0.29) is 11.9 Å². The van der Waals surface area contributed by atoms with Crippen molar-refractivity contribution in [3.63, 3.8) is 0 Å². The molecule has 0 radical (unpaired) electrons. The maximum Gasteiger partial charge on any atom is 0.281 e. The summed E-state index contributed by atoms with van der Waals surface area (Å²) in [7, 11) is 1.88. The zero-order valence-corrected chi connectivity index (χ0v) is 15.8. The summed E-state index contributed by atoms with van der Waals surface area (Å²) in [5.41, 5.74) is 9.32. The average molecular weight is 375 g/mol. The van der Waals surface area contributed by atoms with Crippen molar-refractivity contribution >= 4 is 22.8 Å². The summed E-state index contributed by atoms with van der Waals surface area (Å²) < 4.78 is 6.92. The highest BCUT2D eigenvalue weighted by atomic mass is 16.3. The lowest BCUT2D eigenvalue weighted by Crippen LogP contribution is -2.16. The number of aromatic nitrogens is 3. The fraction of sp³-hybridized carbons (Fsp3) is 0.190. The number of hydrogen-bond donors (Lipinski definition) is 2. The maximum atomic E-state index is 12.7. The lowest BCUT2D eigenvalue weighted by molar-refractivity contribution is 0.0947. The van der Waals surface area contributed by atoms with Crippen molar-refractivity contribution in [2.45, 2.75) is 19.9 Å². The summed E-state index contributed by atoms with van der Waals surface area (Å²) in [6, 6.07) is 15.3. The van der Waals surface area contributed by atoms with E-state index in [1.165, 1.54) is 0 Å². The normalized spacial score (nSPS) is 11.2. The zero-order chi connectivity index (χ0) is 19.7. The van der Waals surface area contributed by atoms with E-state index in [0.717, 1.165) is 32.5 Å². The van der Waals surface area contributed by atoms with Crippen LogP contribution in [0.15, 0.2) is 52.9 Å². The molecule has 142 valence electrons. The molecule has 0 aliphatic rings. The van der Waals surface area contributed by atoms with Gasteiger partial charge in [-0.15, -0.1) is 5.10 Å². The predicted octanol–water partition coefficient (Wildman–Crippen LogP) is 2.91. The molecule has 4 rings (SSSR count). The Bertz CT molecular complexity index is 1160. The van der Waals surface area contributed by atoms with Gasteiger partial charge in [0.25, 0.3) is 5.91 Å². The fourth-order valence-electron chi connectivity index (χ4n) is 3.20. The molecule has 0 bridgehead atoms. The second-order valence-corrected chi connectivity index (χ2v) is 6.76. The molecule has 0 saturated heterocycles. The Balaban J connectivity index is 1.58. The minimum Gasteiger partial charge on any atom is -0.460 e. The first-order valence-corrected chi connectivity index (χ1v) is 9.02. The van der Waals surface area contributed by atoms with Gasteiger partial charge in [0.05, 0.1) is 6.54 Å². The van der Waals surface area contributed by atoms with Gasteiger partial charge in [-0.25, -0.2) is 0 Å². The van der Waals surface area contributed by atoms with Gasteiger partial charge in [-0.2, -0.15) is 9.67 Å². The minimum atomic E-state index is -0.290. The van der Waals surface area contributed by atoms with Gasteiger partial charge in [0.1, 0.15) is 11.3 Å². The quantitative estimate of drug-likeness (QED) is 0.556. The molecule has 4 aromatic rings. The Morgan fingerprint density at radius 2 is 2.07 bits per heavy atom. The molecular formula is C21H21N5O2. The van der Waals surface area contributed by atoms with Gasteiger partial charge >= 0.3 is 0 Å². The highest BCUT2D eigenvalue weighted by molar-refractivity contribution is 5.96. The van der Waals surface area contributed by atoms with E-state index >= 15 is 0 Å². The second-order valence-electron chi connectivity index (χ2n) is 6.76. The van der Waals surface area contributed by atoms with E-state index in [1.54, 1.807) is 12.1 Å². The molecule has 0 unspecified atom stereocenters. The van der Waals surface area contributed by atoms with Crippen molar-refractivity contribution in [3.8, 4) is 0 Å². The summed E-state index contributed by atoms with van der Waals surface area (Å²) in [5, 5.41) is 8.42. The van der Waals surface area contributed by atoms with Crippen molar-refractivity contribution < 1.29 is 9.21 Å². The first-order valence-electron chi connectivity index (χ1n) is 9.02. The molecule has 0 atom stereocenters. The molecule has 28 heavy (non-hydrogen) atoms. The highest BCUT2D eigenvalue weighted by Crippen LogP contribution is 2.22. The minimum absolute atomic E-state index is 0.0854. The predicted molar refractivity (Wildman–Crippen MR) is 107 cm³/mol. The number of carbonyl (C=O) groups excluding carboxylic acids is 1. The number of nitrogen functional groups attached to an aromatic ring is 1. The lowest BCUT2D eigenvalue weighted by Gasteiger charge is -2.02. The van der Waals surface area contributed by atoms with E-state index in [0.29, 0.717) is 24.4 Å². The molecule has 0 amide bonds. The molecule has 2 heterocycles. The Kier molecular flexibility index (Phi) is 4.67. The van der Waals surface area contributed by atoms with E-state index < -0.39 is 0 Å². The summed E-state index contributed by atoms with van der Waals surface area (Å²) in [6.45, 7) is 2.61. The Labute approximate surface area is 162 Å². The summed E-state index contributed by atoms with van der Waals surface area (Å²) in [5.74, 6) is 1.17. The third-order valence-corrected chi connectivity index (χ3v) is 4.48. The van der Waals surface area contributed by atoms with Crippen LogP contribution >= 0.6 is 0 Å². The van der Waals surface area contributed by atoms with Gasteiger partial charge in [-0.3, -0.25) is 4.79 Å². The van der Waals surface area contributed by atoms with Crippen LogP contribution in [-0.2, 0) is 13.0 Å². The highest BCUT2D eigenvalue weighted by Gasteiger charge is 2.16. The number of anilines is 1. The molecule has 7 heteroatoms. The van der Waals surface area contributed by atoms with E-state index in [1.807, 2.05) is 50.4 Å². The fourth-order valence-corrected chi connectivity index (χ4v) is 3.20. The molecule has 7 nitrogen and oxygen atoms in total. The molecule has 2 aromatic carbocycles. The van der Waals surface area contributed by atoms with Gasteiger partial charge in [-0.05, 0) is 49.9 Å². The van der Waals surface area contributed by atoms with Crippen LogP contribution in [0, 0.1) is 6.92 Å². The van der Waals surface area contributed by atoms with E-state index in [9.17, 15) is 4.79 Å². The van der Waals surface area contributed by atoms with Crippen molar-refractivity contribution in [1.29, 1.82) is 0 Å².